The van der Waals surface area contributed by atoms with E-state index in [9.17, 15) is 9.59 Å². The Morgan fingerprint density at radius 3 is 2.81 bits per heavy atom. The minimum Gasteiger partial charge on any atom is -0.352 e. The first-order chi connectivity index (χ1) is 12.4. The summed E-state index contributed by atoms with van der Waals surface area (Å²) in [5.74, 6) is 0.966. The average molecular weight is 350 g/mol. The van der Waals surface area contributed by atoms with Crippen LogP contribution in [0, 0.1) is 24.2 Å². The fourth-order valence-corrected chi connectivity index (χ4v) is 3.88. The minimum atomic E-state index is -0.368. The molecule has 0 radical (unpaired) electrons. The summed E-state index contributed by atoms with van der Waals surface area (Å²) < 4.78 is 0. The Morgan fingerprint density at radius 1 is 1.31 bits per heavy atom. The maximum Gasteiger partial charge on any atom is 0.251 e. The van der Waals surface area contributed by atoms with E-state index in [1.807, 2.05) is 32.0 Å². The Labute approximate surface area is 154 Å². The standard InChI is InChI=1S/C22H26N2O2/c1-13-4-7-16(20(25)23-12-14-5-6-14)10-17(13)15-8-9-18-19(11-15)24-21(26)22(18,2)3/h4,7-8,10-11,14,18H,5-6,9,12H2,1-3H3,(H,23,25)(H,24,26). The zero-order valence-corrected chi connectivity index (χ0v) is 15.7. The van der Waals surface area contributed by atoms with Crippen LogP contribution in [-0.2, 0) is 4.79 Å². The summed E-state index contributed by atoms with van der Waals surface area (Å²) in [5.41, 5.74) is 4.61. The highest BCUT2D eigenvalue weighted by Gasteiger charge is 2.45. The molecule has 0 bridgehead atoms. The van der Waals surface area contributed by atoms with Crippen LogP contribution in [0.5, 0.6) is 0 Å². The van der Waals surface area contributed by atoms with Gasteiger partial charge in [-0.1, -0.05) is 26.0 Å². The van der Waals surface area contributed by atoms with Gasteiger partial charge in [0.2, 0.25) is 5.91 Å². The first-order valence-electron chi connectivity index (χ1n) is 9.48. The molecule has 2 N–H and O–H groups in total. The van der Waals surface area contributed by atoms with Gasteiger partial charge in [0.1, 0.15) is 0 Å². The largest absolute Gasteiger partial charge is 0.352 e. The normalized spacial score (nSPS) is 23.7. The first-order valence-corrected chi connectivity index (χ1v) is 9.48. The quantitative estimate of drug-likeness (QED) is 0.872. The van der Waals surface area contributed by atoms with Crippen LogP contribution in [0.25, 0.3) is 5.57 Å². The van der Waals surface area contributed by atoms with Gasteiger partial charge in [-0.3, -0.25) is 9.59 Å². The van der Waals surface area contributed by atoms with E-state index in [0.717, 1.165) is 35.4 Å². The van der Waals surface area contributed by atoms with Crippen molar-refractivity contribution in [2.45, 2.75) is 40.0 Å². The predicted molar refractivity (Wildman–Crippen MR) is 102 cm³/mol. The molecule has 1 aromatic rings. The Balaban J connectivity index is 1.59. The molecular formula is C22H26N2O2. The maximum absolute atomic E-state index is 12.4. The lowest BCUT2D eigenvalue weighted by Gasteiger charge is -2.26. The third-order valence-corrected chi connectivity index (χ3v) is 6.03. The number of aryl methyl sites for hydroxylation is 1. The molecule has 4 heteroatoms. The van der Waals surface area contributed by atoms with Gasteiger partial charge >= 0.3 is 0 Å². The maximum atomic E-state index is 12.4. The van der Waals surface area contributed by atoms with Gasteiger partial charge in [-0.2, -0.15) is 0 Å². The van der Waals surface area contributed by atoms with Gasteiger partial charge in [0.05, 0.1) is 5.41 Å². The minimum absolute atomic E-state index is 0.00427. The van der Waals surface area contributed by atoms with E-state index in [0.29, 0.717) is 11.5 Å². The summed E-state index contributed by atoms with van der Waals surface area (Å²) in [5, 5.41) is 6.08. The number of allylic oxidation sites excluding steroid dienone is 4. The van der Waals surface area contributed by atoms with E-state index in [1.54, 1.807) is 0 Å². The van der Waals surface area contributed by atoms with E-state index >= 15 is 0 Å². The third-order valence-electron chi connectivity index (χ3n) is 6.03. The molecule has 4 rings (SSSR count). The third kappa shape index (κ3) is 2.98. The molecule has 2 aliphatic carbocycles. The van der Waals surface area contributed by atoms with E-state index in [1.165, 1.54) is 12.8 Å². The van der Waals surface area contributed by atoms with Crippen molar-refractivity contribution in [3.63, 3.8) is 0 Å². The van der Waals surface area contributed by atoms with Crippen LogP contribution in [-0.4, -0.2) is 18.4 Å². The summed E-state index contributed by atoms with van der Waals surface area (Å²) in [6.07, 6.45) is 7.57. The van der Waals surface area contributed by atoms with E-state index in [-0.39, 0.29) is 23.1 Å². The lowest BCUT2D eigenvalue weighted by atomic mass is 9.75. The number of hydrogen-bond acceptors (Lipinski definition) is 2. The van der Waals surface area contributed by atoms with E-state index < -0.39 is 0 Å². The van der Waals surface area contributed by atoms with Gasteiger partial charge in [-0.25, -0.2) is 0 Å². The number of carbonyl (C=O) groups excluding carboxylic acids is 2. The van der Waals surface area contributed by atoms with Gasteiger partial charge in [-0.05, 0) is 67.0 Å². The second-order valence-electron chi connectivity index (χ2n) is 8.41. The van der Waals surface area contributed by atoms with Crippen molar-refractivity contribution >= 4 is 17.4 Å². The smallest absolute Gasteiger partial charge is 0.251 e. The molecule has 1 aliphatic heterocycles. The van der Waals surface area contributed by atoms with Crippen LogP contribution in [0.2, 0.25) is 0 Å². The van der Waals surface area contributed by atoms with Crippen molar-refractivity contribution in [3.8, 4) is 0 Å². The second-order valence-corrected chi connectivity index (χ2v) is 8.41. The topological polar surface area (TPSA) is 58.2 Å². The van der Waals surface area contributed by atoms with Crippen LogP contribution in [0.15, 0.2) is 36.0 Å². The van der Waals surface area contributed by atoms with Gasteiger partial charge in [-0.15, -0.1) is 0 Å². The molecule has 1 saturated heterocycles. The molecule has 1 aromatic carbocycles. The molecule has 1 atom stereocenters. The lowest BCUT2D eigenvalue weighted by molar-refractivity contribution is -0.127. The molecule has 136 valence electrons. The number of carbonyl (C=O) groups is 2. The molecule has 3 aliphatic rings. The van der Waals surface area contributed by atoms with Crippen molar-refractivity contribution in [1.82, 2.24) is 10.6 Å². The van der Waals surface area contributed by atoms with Gasteiger partial charge in [0.25, 0.3) is 5.91 Å². The van der Waals surface area contributed by atoms with Gasteiger partial charge < -0.3 is 10.6 Å². The Bertz CT molecular complexity index is 844. The van der Waals surface area contributed by atoms with Gasteiger partial charge in [0.15, 0.2) is 0 Å². The highest BCUT2D eigenvalue weighted by atomic mass is 16.2. The molecule has 1 saturated carbocycles. The molecule has 2 amide bonds. The fourth-order valence-electron chi connectivity index (χ4n) is 3.88. The van der Waals surface area contributed by atoms with Crippen molar-refractivity contribution < 1.29 is 9.59 Å². The number of benzene rings is 1. The number of rotatable bonds is 4. The van der Waals surface area contributed by atoms with E-state index in [4.69, 9.17) is 0 Å². The number of amides is 2. The zero-order valence-electron chi connectivity index (χ0n) is 15.7. The van der Waals surface area contributed by atoms with Crippen molar-refractivity contribution in [1.29, 1.82) is 0 Å². The number of fused-ring (bicyclic) bond motifs is 1. The Morgan fingerprint density at radius 2 is 2.08 bits per heavy atom. The summed E-state index contributed by atoms with van der Waals surface area (Å²) in [6.45, 7) is 6.84. The number of nitrogens with one attached hydrogen (secondary N) is 2. The van der Waals surface area contributed by atoms with Gasteiger partial charge in [0, 0.05) is 23.7 Å². The highest BCUT2D eigenvalue weighted by molar-refractivity contribution is 5.96. The summed E-state index contributed by atoms with van der Waals surface area (Å²) in [4.78, 5) is 24.7. The molecule has 0 spiro atoms. The zero-order chi connectivity index (χ0) is 18.5. The Hall–Kier alpha value is -2.36. The number of hydrogen-bond donors (Lipinski definition) is 2. The second kappa shape index (κ2) is 6.11. The van der Waals surface area contributed by atoms with Crippen molar-refractivity contribution in [3.05, 3.63) is 52.7 Å². The summed E-state index contributed by atoms with van der Waals surface area (Å²) >= 11 is 0. The van der Waals surface area contributed by atoms with E-state index in [2.05, 4.69) is 29.7 Å². The van der Waals surface area contributed by atoms with Crippen molar-refractivity contribution in [2.24, 2.45) is 17.3 Å². The van der Waals surface area contributed by atoms with Crippen LogP contribution in [0.1, 0.15) is 54.6 Å². The highest BCUT2D eigenvalue weighted by Crippen LogP contribution is 2.44. The monoisotopic (exact) mass is 350 g/mol. The molecule has 1 unspecified atom stereocenters. The molecule has 26 heavy (non-hydrogen) atoms. The van der Waals surface area contributed by atoms with Crippen LogP contribution < -0.4 is 10.6 Å². The molecule has 4 nitrogen and oxygen atoms in total. The lowest BCUT2D eigenvalue weighted by Crippen LogP contribution is -2.28. The van der Waals surface area contributed by atoms with Crippen LogP contribution in [0.4, 0.5) is 0 Å². The molecular weight excluding hydrogens is 324 g/mol. The molecule has 2 fully saturated rings. The summed E-state index contributed by atoms with van der Waals surface area (Å²) in [7, 11) is 0. The van der Waals surface area contributed by atoms with Crippen LogP contribution in [0.3, 0.4) is 0 Å². The SMILES string of the molecule is Cc1ccc(C(=O)NCC2CC2)cc1C1=CCC2C(=C1)NC(=O)C2(C)C. The van der Waals surface area contributed by atoms with Crippen LogP contribution >= 0.6 is 0 Å². The Kier molecular flexibility index (Phi) is 4.02. The average Bonchev–Trinajstić information content (AvgIpc) is 3.40. The molecule has 1 heterocycles. The fraction of sp³-hybridized carbons (Fsp3) is 0.455. The molecule has 0 aromatic heterocycles. The first kappa shape index (κ1) is 17.1. The van der Waals surface area contributed by atoms with Crippen molar-refractivity contribution in [2.75, 3.05) is 6.54 Å². The predicted octanol–water partition coefficient (Wildman–Crippen LogP) is 3.58. The summed E-state index contributed by atoms with van der Waals surface area (Å²) in [6, 6.07) is 5.87.